The molecule has 1 aliphatic rings. The highest BCUT2D eigenvalue weighted by molar-refractivity contribution is 5.80. The maximum absolute atomic E-state index is 13.0. The highest BCUT2D eigenvalue weighted by atomic mass is 19.4. The average molecular weight is 676 g/mol. The fourth-order valence-electron chi connectivity index (χ4n) is 5.74. The number of H-pyrrole nitrogens is 2. The van der Waals surface area contributed by atoms with E-state index in [1.165, 1.54) is 6.33 Å². The summed E-state index contributed by atoms with van der Waals surface area (Å²) in [6.07, 6.45) is -13.9. The fraction of sp³-hybridized carbons (Fsp3) is 0.333. The van der Waals surface area contributed by atoms with Crippen molar-refractivity contribution in [3.63, 3.8) is 0 Å². The van der Waals surface area contributed by atoms with Gasteiger partial charge in [-0.05, 0) is 29.7 Å². The van der Waals surface area contributed by atoms with Crippen LogP contribution in [0.5, 0.6) is 0 Å². The number of carbonyl (C=O) groups excluding carboxylic acids is 1. The predicted octanol–water partition coefficient (Wildman–Crippen LogP) is 4.19. The van der Waals surface area contributed by atoms with Gasteiger partial charge in [-0.3, -0.25) is 4.90 Å². The quantitative estimate of drug-likeness (QED) is 0.164. The van der Waals surface area contributed by atoms with Gasteiger partial charge in [-0.25, -0.2) is 9.36 Å². The summed E-state index contributed by atoms with van der Waals surface area (Å²) in [5, 5.41) is 10.6. The molecule has 6 rings (SSSR count). The second-order valence-corrected chi connectivity index (χ2v) is 11.2. The van der Waals surface area contributed by atoms with Gasteiger partial charge in [0.25, 0.3) is 17.6 Å². The number of nitrogens with zero attached hydrogens (tertiary/aromatic N) is 7. The summed E-state index contributed by atoms with van der Waals surface area (Å²) < 4.78 is 83.9. The van der Waals surface area contributed by atoms with Gasteiger partial charge in [0.15, 0.2) is 11.8 Å². The van der Waals surface area contributed by atoms with Crippen LogP contribution in [-0.4, -0.2) is 90.9 Å². The Hall–Kier alpha value is -5.26. The fourth-order valence-corrected chi connectivity index (χ4v) is 5.74. The Balaban J connectivity index is 1.29. The molecule has 1 aliphatic heterocycles. The van der Waals surface area contributed by atoms with Crippen molar-refractivity contribution in [1.29, 1.82) is 0 Å². The average Bonchev–Trinajstić information content (AvgIpc) is 3.76. The largest absolute Gasteiger partial charge is 0.434 e. The minimum atomic E-state index is -5.80. The molecular weight excluding hydrogens is 646 g/mol. The number of anilines is 1. The molecule has 1 saturated heterocycles. The van der Waals surface area contributed by atoms with Gasteiger partial charge in [-0.2, -0.15) is 41.8 Å². The molecule has 12 nitrogen and oxygen atoms in total. The number of carbonyl (C=O) groups is 1. The maximum atomic E-state index is 13.0. The summed E-state index contributed by atoms with van der Waals surface area (Å²) in [4.78, 5) is 27.5. The van der Waals surface area contributed by atoms with Crippen molar-refractivity contribution in [3.05, 3.63) is 83.9 Å². The van der Waals surface area contributed by atoms with Crippen molar-refractivity contribution >= 4 is 23.1 Å². The Morgan fingerprint density at radius 1 is 1.00 bits per heavy atom. The first kappa shape index (κ1) is 32.7. The topological polar surface area (TPSA) is 146 Å². The van der Waals surface area contributed by atoms with Gasteiger partial charge in [0.2, 0.25) is 5.82 Å². The Kier molecular flexibility index (Phi) is 8.91. The number of nitrogen functional groups attached to an aromatic ring is 1. The molecule has 48 heavy (non-hydrogen) atoms. The van der Waals surface area contributed by atoms with E-state index in [0.717, 1.165) is 16.0 Å². The van der Waals surface area contributed by atoms with Crippen LogP contribution in [0.1, 0.15) is 22.9 Å². The third-order valence-electron chi connectivity index (χ3n) is 8.03. The lowest BCUT2D eigenvalue weighted by Crippen LogP contribution is -2.53. The summed E-state index contributed by atoms with van der Waals surface area (Å²) in [7, 11) is 0. The van der Waals surface area contributed by atoms with E-state index in [-0.39, 0.29) is 44.6 Å². The summed E-state index contributed by atoms with van der Waals surface area (Å²) in [6, 6.07) is 16.9. The number of rotatable bonds is 8. The molecule has 4 heterocycles. The molecule has 5 aromatic rings. The van der Waals surface area contributed by atoms with E-state index in [1.54, 1.807) is 6.20 Å². The molecule has 2 aromatic carbocycles. The van der Waals surface area contributed by atoms with Crippen molar-refractivity contribution in [2.75, 3.05) is 31.9 Å². The molecule has 1 fully saturated rings. The highest BCUT2D eigenvalue weighted by Crippen LogP contribution is 2.36. The number of aromatic amines is 2. The summed E-state index contributed by atoms with van der Waals surface area (Å²) in [6.45, 7) is 0.321. The smallest absolute Gasteiger partial charge is 0.426 e. The number of alkyl halides is 6. The van der Waals surface area contributed by atoms with Crippen molar-refractivity contribution in [2.24, 2.45) is 0 Å². The predicted molar refractivity (Wildman–Crippen MR) is 158 cm³/mol. The van der Waals surface area contributed by atoms with E-state index in [2.05, 4.69) is 35.1 Å². The normalized spacial score (nSPS) is 15.3. The van der Waals surface area contributed by atoms with Crippen LogP contribution < -0.4 is 10.3 Å². The van der Waals surface area contributed by atoms with Crippen molar-refractivity contribution in [1.82, 2.24) is 40.2 Å². The monoisotopic (exact) mass is 675 g/mol. The number of nitrogens with one attached hydrogen (secondary N) is 2. The zero-order valence-electron chi connectivity index (χ0n) is 25.0. The number of amides is 1. The minimum absolute atomic E-state index is 0.141. The molecule has 0 spiro atoms. The van der Waals surface area contributed by atoms with Gasteiger partial charge < -0.3 is 20.4 Å². The summed E-state index contributed by atoms with van der Waals surface area (Å²) in [5.74, 6) is 0.744. The number of benzene rings is 2. The molecule has 252 valence electrons. The molecule has 0 bridgehead atoms. The van der Waals surface area contributed by atoms with Gasteiger partial charge in [0.1, 0.15) is 12.2 Å². The molecular formula is C30H29F6N10O2+. The lowest BCUT2D eigenvalue weighted by molar-refractivity contribution is -0.656. The number of ether oxygens (including phenoxy) is 1. The van der Waals surface area contributed by atoms with Gasteiger partial charge in [-0.15, -0.1) is 0 Å². The van der Waals surface area contributed by atoms with Crippen LogP contribution in [0.4, 0.5) is 37.0 Å². The molecule has 18 heteroatoms. The summed E-state index contributed by atoms with van der Waals surface area (Å²) in [5.41, 5.74) is 10.6. The Morgan fingerprint density at radius 3 is 2.40 bits per heavy atom. The molecule has 0 radical (unpaired) electrons. The van der Waals surface area contributed by atoms with Gasteiger partial charge >= 0.3 is 18.4 Å². The van der Waals surface area contributed by atoms with Crippen LogP contribution in [-0.2, 0) is 17.7 Å². The maximum Gasteiger partial charge on any atom is 0.434 e. The van der Waals surface area contributed by atoms with Crippen LogP contribution >= 0.6 is 0 Å². The van der Waals surface area contributed by atoms with E-state index in [9.17, 15) is 31.1 Å². The third kappa shape index (κ3) is 7.02. The van der Waals surface area contributed by atoms with Gasteiger partial charge in [0.05, 0.1) is 11.8 Å². The van der Waals surface area contributed by atoms with Crippen LogP contribution in [0.15, 0.2) is 67.1 Å². The Bertz CT molecular complexity index is 1840. The van der Waals surface area contributed by atoms with Crippen LogP contribution in [0.3, 0.4) is 0 Å². The molecule has 4 N–H and O–H groups in total. The number of halogens is 6. The first-order valence-corrected chi connectivity index (χ1v) is 14.7. The van der Waals surface area contributed by atoms with Gasteiger partial charge in [0, 0.05) is 32.2 Å². The van der Waals surface area contributed by atoms with Crippen molar-refractivity contribution in [2.45, 2.75) is 37.5 Å². The molecule has 0 aliphatic carbocycles. The Morgan fingerprint density at radius 2 is 1.73 bits per heavy atom. The van der Waals surface area contributed by atoms with Crippen molar-refractivity contribution < 1.29 is 40.4 Å². The number of hydrogen-bond acceptors (Lipinski definition) is 8. The minimum Gasteiger partial charge on any atom is -0.426 e. The molecule has 1 atom stereocenters. The lowest BCUT2D eigenvalue weighted by atomic mass is 9.95. The van der Waals surface area contributed by atoms with Crippen LogP contribution in [0.2, 0.25) is 0 Å². The van der Waals surface area contributed by atoms with Crippen LogP contribution in [0, 0.1) is 0 Å². The van der Waals surface area contributed by atoms with Gasteiger partial charge in [-0.1, -0.05) is 52.4 Å². The van der Waals surface area contributed by atoms with Crippen LogP contribution in [0.25, 0.3) is 22.6 Å². The molecule has 3 aromatic heterocycles. The number of aromatic nitrogens is 7. The number of imidazole rings is 1. The third-order valence-corrected chi connectivity index (χ3v) is 8.03. The molecule has 0 saturated carbocycles. The van der Waals surface area contributed by atoms with Crippen molar-refractivity contribution in [3.8, 4) is 11.4 Å². The second-order valence-electron chi connectivity index (χ2n) is 11.2. The van der Waals surface area contributed by atoms with E-state index >= 15 is 0 Å². The summed E-state index contributed by atoms with van der Waals surface area (Å²) >= 11 is 0. The number of hydrogen-bond donors (Lipinski definition) is 3. The number of piperazine rings is 1. The Labute approximate surface area is 268 Å². The zero-order chi connectivity index (χ0) is 34.1. The second kappa shape index (κ2) is 13.1. The first-order chi connectivity index (χ1) is 22.9. The standard InChI is InChI=1S/C30H28F6N10O2/c31-29(32,33)27(30(34,35)36)48-28(47)45-11-9-44(10-12-45)22(13-18-5-2-1-3-6-18)19-7-4-8-20(14-19)25-41-24(37)23-26(39-17-38-23)46(25)16-21-15-40-43-42-21/h1-8,14-15,17,22,27H,9-13,16H2,(H3,37,38,39,40,42,43)/p+1. The molecule has 1 amide bonds. The number of nitrogens with two attached hydrogens (primary N) is 1. The lowest BCUT2D eigenvalue weighted by Gasteiger charge is -2.39. The first-order valence-electron chi connectivity index (χ1n) is 14.7. The highest BCUT2D eigenvalue weighted by Gasteiger charge is 2.60. The van der Waals surface area contributed by atoms with E-state index in [0.29, 0.717) is 34.7 Å². The van der Waals surface area contributed by atoms with E-state index in [4.69, 9.17) is 5.73 Å². The SMILES string of the molecule is Nc1nc(-c2cccc(C(Cc3ccccc3)N3CCN(C(=O)OC(C(F)(F)F)C(F)(F)F)CC3)c2)[n+](Cc2cn[nH]n2)c2nc[nH]c12. The zero-order valence-corrected chi connectivity index (χ0v) is 25.0. The number of fused-ring (bicyclic) bond motifs is 1. The molecule has 1 unspecified atom stereocenters. The van der Waals surface area contributed by atoms with E-state index in [1.807, 2.05) is 64.1 Å². The van der Waals surface area contributed by atoms with E-state index < -0.39 is 24.5 Å².